The number of hydrogen-bond acceptors (Lipinski definition) is 3. The van der Waals surface area contributed by atoms with E-state index in [0.29, 0.717) is 12.0 Å². The lowest BCUT2D eigenvalue weighted by molar-refractivity contribution is 0.385. The summed E-state index contributed by atoms with van der Waals surface area (Å²) in [5.74, 6) is 1.63. The second kappa shape index (κ2) is 6.13. The highest BCUT2D eigenvalue weighted by Crippen LogP contribution is 2.32. The monoisotopic (exact) mass is 227 g/mol. The van der Waals surface area contributed by atoms with Crippen molar-refractivity contribution in [2.45, 2.75) is 33.2 Å². The number of methoxy groups -OCH3 is 1. The summed E-state index contributed by atoms with van der Waals surface area (Å²) in [5.41, 5.74) is 0. The lowest BCUT2D eigenvalue weighted by atomic mass is 9.98. The summed E-state index contributed by atoms with van der Waals surface area (Å²) >= 11 is 1.78. The fourth-order valence-electron chi connectivity index (χ4n) is 1.64. The molecule has 1 heterocycles. The summed E-state index contributed by atoms with van der Waals surface area (Å²) in [4.78, 5) is 1.38. The largest absolute Gasteiger partial charge is 0.496 e. The van der Waals surface area contributed by atoms with Gasteiger partial charge in [-0.3, -0.25) is 0 Å². The van der Waals surface area contributed by atoms with Crippen LogP contribution in [0.5, 0.6) is 5.75 Å². The number of nitrogens with one attached hydrogen (secondary N) is 1. The van der Waals surface area contributed by atoms with Crippen LogP contribution < -0.4 is 10.1 Å². The Morgan fingerprint density at radius 1 is 1.47 bits per heavy atom. The molecule has 0 aliphatic heterocycles. The summed E-state index contributed by atoms with van der Waals surface area (Å²) in [6.45, 7) is 7.69. The van der Waals surface area contributed by atoms with Crippen LogP contribution in [0.15, 0.2) is 11.4 Å². The Labute approximate surface area is 96.7 Å². The normalized spacial score (nSPS) is 14.9. The zero-order valence-corrected chi connectivity index (χ0v) is 10.9. The Morgan fingerprint density at radius 3 is 2.67 bits per heavy atom. The summed E-state index contributed by atoms with van der Waals surface area (Å²) in [6.07, 6.45) is 1.19. The van der Waals surface area contributed by atoms with E-state index in [1.807, 2.05) is 0 Å². The first-order chi connectivity index (χ1) is 7.22. The number of rotatable bonds is 6. The molecule has 0 spiro atoms. The van der Waals surface area contributed by atoms with Gasteiger partial charge in [-0.1, -0.05) is 27.2 Å². The molecule has 1 N–H and O–H groups in total. The Kier molecular flexibility index (Phi) is 5.12. The summed E-state index contributed by atoms with van der Waals surface area (Å²) < 4.78 is 5.22. The second-order valence-corrected chi connectivity index (χ2v) is 4.75. The van der Waals surface area contributed by atoms with Crippen LogP contribution in [0.1, 0.15) is 38.1 Å². The molecule has 2 atom stereocenters. The molecule has 3 heteroatoms. The van der Waals surface area contributed by atoms with Crippen molar-refractivity contribution in [1.82, 2.24) is 5.32 Å². The van der Waals surface area contributed by atoms with E-state index in [9.17, 15) is 0 Å². The van der Waals surface area contributed by atoms with Crippen molar-refractivity contribution >= 4 is 11.3 Å². The van der Waals surface area contributed by atoms with Crippen LogP contribution in [-0.4, -0.2) is 13.7 Å². The van der Waals surface area contributed by atoms with Crippen molar-refractivity contribution in [1.29, 1.82) is 0 Å². The van der Waals surface area contributed by atoms with Gasteiger partial charge < -0.3 is 10.1 Å². The molecule has 2 unspecified atom stereocenters. The maximum atomic E-state index is 5.22. The molecule has 0 saturated carbocycles. The van der Waals surface area contributed by atoms with Crippen LogP contribution >= 0.6 is 11.3 Å². The van der Waals surface area contributed by atoms with Crippen LogP contribution in [0, 0.1) is 5.92 Å². The zero-order chi connectivity index (χ0) is 11.3. The first kappa shape index (κ1) is 12.5. The maximum absolute atomic E-state index is 5.22. The molecule has 2 nitrogen and oxygen atoms in total. The first-order valence-corrected chi connectivity index (χ1v) is 6.46. The molecule has 1 aromatic rings. The Hall–Kier alpha value is -0.540. The van der Waals surface area contributed by atoms with Crippen molar-refractivity contribution in [3.05, 3.63) is 16.3 Å². The molecule has 1 aromatic heterocycles. The minimum absolute atomic E-state index is 0.467. The predicted molar refractivity (Wildman–Crippen MR) is 66.7 cm³/mol. The molecule has 1 rings (SSSR count). The van der Waals surface area contributed by atoms with Gasteiger partial charge in [-0.15, -0.1) is 11.3 Å². The third-order valence-electron chi connectivity index (χ3n) is 2.77. The van der Waals surface area contributed by atoms with Crippen molar-refractivity contribution in [3.8, 4) is 5.75 Å². The second-order valence-electron chi connectivity index (χ2n) is 3.81. The molecular weight excluding hydrogens is 206 g/mol. The van der Waals surface area contributed by atoms with E-state index in [1.165, 1.54) is 11.3 Å². The SMILES string of the molecule is CCNC(c1cc(OC)cs1)C(C)CC. The molecule has 0 saturated heterocycles. The summed E-state index contributed by atoms with van der Waals surface area (Å²) in [5, 5.41) is 5.61. The minimum Gasteiger partial charge on any atom is -0.496 e. The fourth-order valence-corrected chi connectivity index (χ4v) is 2.71. The van der Waals surface area contributed by atoms with Gasteiger partial charge in [0.2, 0.25) is 0 Å². The van der Waals surface area contributed by atoms with Gasteiger partial charge in [0.25, 0.3) is 0 Å². The molecule has 0 radical (unpaired) electrons. The van der Waals surface area contributed by atoms with E-state index < -0.39 is 0 Å². The zero-order valence-electron chi connectivity index (χ0n) is 10.0. The number of thiophene rings is 1. The maximum Gasteiger partial charge on any atom is 0.129 e. The molecule has 0 aromatic carbocycles. The third-order valence-corrected chi connectivity index (χ3v) is 3.77. The number of ether oxygens (including phenoxy) is 1. The van der Waals surface area contributed by atoms with Crippen molar-refractivity contribution in [2.24, 2.45) is 5.92 Å². The van der Waals surface area contributed by atoms with Gasteiger partial charge >= 0.3 is 0 Å². The van der Waals surface area contributed by atoms with Gasteiger partial charge in [0.15, 0.2) is 0 Å². The molecule has 0 amide bonds. The molecule has 0 aliphatic rings. The Bertz CT molecular complexity index is 285. The van der Waals surface area contributed by atoms with E-state index in [4.69, 9.17) is 4.74 Å². The van der Waals surface area contributed by atoms with Crippen LogP contribution in [-0.2, 0) is 0 Å². The quantitative estimate of drug-likeness (QED) is 0.803. The van der Waals surface area contributed by atoms with Crippen molar-refractivity contribution < 1.29 is 4.74 Å². The summed E-state index contributed by atoms with van der Waals surface area (Å²) in [6, 6.07) is 2.61. The molecule has 0 aliphatic carbocycles. The standard InChI is InChI=1S/C12H21NOS/c1-5-9(3)12(13-6-2)11-7-10(14-4)8-15-11/h7-9,12-13H,5-6H2,1-4H3. The average Bonchev–Trinajstić information content (AvgIpc) is 2.73. The van der Waals surface area contributed by atoms with Gasteiger partial charge in [-0.25, -0.2) is 0 Å². The van der Waals surface area contributed by atoms with Gasteiger partial charge in [0.05, 0.1) is 7.11 Å². The smallest absolute Gasteiger partial charge is 0.129 e. The lowest BCUT2D eigenvalue weighted by Gasteiger charge is -2.22. The highest BCUT2D eigenvalue weighted by Gasteiger charge is 2.18. The van der Waals surface area contributed by atoms with E-state index in [1.54, 1.807) is 18.4 Å². The topological polar surface area (TPSA) is 21.3 Å². The highest BCUT2D eigenvalue weighted by molar-refractivity contribution is 7.10. The first-order valence-electron chi connectivity index (χ1n) is 5.58. The lowest BCUT2D eigenvalue weighted by Crippen LogP contribution is -2.25. The Morgan fingerprint density at radius 2 is 2.20 bits per heavy atom. The van der Waals surface area contributed by atoms with Crippen LogP contribution in [0.4, 0.5) is 0 Å². The van der Waals surface area contributed by atoms with E-state index >= 15 is 0 Å². The van der Waals surface area contributed by atoms with Gasteiger partial charge in [0, 0.05) is 16.3 Å². The van der Waals surface area contributed by atoms with Crippen LogP contribution in [0.2, 0.25) is 0 Å². The predicted octanol–water partition coefficient (Wildman–Crippen LogP) is 3.45. The van der Waals surface area contributed by atoms with E-state index in [-0.39, 0.29) is 0 Å². The molecule has 0 fully saturated rings. The van der Waals surface area contributed by atoms with Gasteiger partial charge in [0.1, 0.15) is 5.75 Å². The molecule has 0 bridgehead atoms. The van der Waals surface area contributed by atoms with Crippen molar-refractivity contribution in [3.63, 3.8) is 0 Å². The molecule has 86 valence electrons. The fraction of sp³-hybridized carbons (Fsp3) is 0.667. The van der Waals surface area contributed by atoms with Crippen molar-refractivity contribution in [2.75, 3.05) is 13.7 Å². The van der Waals surface area contributed by atoms with Crippen LogP contribution in [0.25, 0.3) is 0 Å². The molecular formula is C12H21NOS. The highest BCUT2D eigenvalue weighted by atomic mass is 32.1. The van der Waals surface area contributed by atoms with Gasteiger partial charge in [-0.2, -0.15) is 0 Å². The van der Waals surface area contributed by atoms with Gasteiger partial charge in [-0.05, 0) is 18.5 Å². The van der Waals surface area contributed by atoms with Crippen LogP contribution in [0.3, 0.4) is 0 Å². The minimum atomic E-state index is 0.467. The third kappa shape index (κ3) is 3.21. The van der Waals surface area contributed by atoms with E-state index in [0.717, 1.165) is 12.3 Å². The van der Waals surface area contributed by atoms with E-state index in [2.05, 4.69) is 37.5 Å². The molecule has 15 heavy (non-hydrogen) atoms. The summed E-state index contributed by atoms with van der Waals surface area (Å²) in [7, 11) is 1.72. The average molecular weight is 227 g/mol. The Balaban J connectivity index is 2.78. The number of hydrogen-bond donors (Lipinski definition) is 1.